The minimum atomic E-state index is -0.582. The molecule has 1 unspecified atom stereocenters. The molecular formula is C26H21NO4. The lowest BCUT2D eigenvalue weighted by atomic mass is 9.98. The lowest BCUT2D eigenvalue weighted by molar-refractivity contribution is 0.0971. The predicted molar refractivity (Wildman–Crippen MR) is 120 cm³/mol. The van der Waals surface area contributed by atoms with Gasteiger partial charge in [0.05, 0.1) is 24.1 Å². The molecule has 1 aliphatic heterocycles. The molecule has 0 aliphatic carbocycles. The van der Waals surface area contributed by atoms with Crippen molar-refractivity contribution in [3.63, 3.8) is 0 Å². The maximum absolute atomic E-state index is 13.5. The van der Waals surface area contributed by atoms with Crippen molar-refractivity contribution in [1.29, 1.82) is 0 Å². The van der Waals surface area contributed by atoms with Crippen LogP contribution >= 0.6 is 0 Å². The van der Waals surface area contributed by atoms with Gasteiger partial charge in [-0.05, 0) is 53.9 Å². The summed E-state index contributed by atoms with van der Waals surface area (Å²) in [6.07, 6.45) is 0.905. The summed E-state index contributed by atoms with van der Waals surface area (Å²) in [5.41, 5.74) is 3.31. The van der Waals surface area contributed by atoms with Crippen molar-refractivity contribution in [1.82, 2.24) is 0 Å². The average Bonchev–Trinajstić information content (AvgIpc) is 3.12. The van der Waals surface area contributed by atoms with Crippen molar-refractivity contribution in [3.8, 4) is 5.75 Å². The molecule has 1 aromatic heterocycles. The number of fused-ring (bicyclic) bond motifs is 2. The molecule has 1 atom stereocenters. The van der Waals surface area contributed by atoms with E-state index in [0.717, 1.165) is 17.7 Å². The highest BCUT2D eigenvalue weighted by atomic mass is 16.5. The number of para-hydroxylation sites is 1. The van der Waals surface area contributed by atoms with Crippen molar-refractivity contribution in [2.75, 3.05) is 12.0 Å². The number of anilines is 1. The lowest BCUT2D eigenvalue weighted by Gasteiger charge is -2.25. The molecule has 0 N–H and O–H groups in total. The lowest BCUT2D eigenvalue weighted by Crippen LogP contribution is -2.29. The van der Waals surface area contributed by atoms with Gasteiger partial charge in [0.15, 0.2) is 5.43 Å². The molecule has 2 heterocycles. The van der Waals surface area contributed by atoms with E-state index in [9.17, 15) is 9.59 Å². The standard InChI is InChI=1S/C26H21NO4/c1-3-16-8-12-18(13-9-16)27-23(17-10-14-19(30-2)15-11-17)22-24(28)20-6-4-5-7-21(20)31-25(22)26(27)29/h4-15,23H,3H2,1-2H3. The first kappa shape index (κ1) is 19.1. The summed E-state index contributed by atoms with van der Waals surface area (Å²) < 4.78 is 11.3. The van der Waals surface area contributed by atoms with E-state index in [0.29, 0.717) is 22.3 Å². The number of carbonyl (C=O) groups is 1. The van der Waals surface area contributed by atoms with Gasteiger partial charge in [-0.25, -0.2) is 0 Å². The second kappa shape index (κ2) is 7.43. The summed E-state index contributed by atoms with van der Waals surface area (Å²) in [5.74, 6) is 0.490. The fourth-order valence-corrected chi connectivity index (χ4v) is 4.18. The summed E-state index contributed by atoms with van der Waals surface area (Å²) in [6, 6.07) is 21.7. The van der Waals surface area contributed by atoms with Crippen molar-refractivity contribution in [3.05, 3.63) is 105 Å². The van der Waals surface area contributed by atoms with E-state index in [1.807, 2.05) is 48.5 Å². The largest absolute Gasteiger partial charge is 0.497 e. The molecule has 1 aliphatic rings. The first-order chi connectivity index (χ1) is 15.1. The highest BCUT2D eigenvalue weighted by Crippen LogP contribution is 2.41. The molecule has 5 heteroatoms. The SMILES string of the molecule is CCc1ccc(N2C(=O)c3oc4ccccc4c(=O)c3C2c2ccc(OC)cc2)cc1. The summed E-state index contributed by atoms with van der Waals surface area (Å²) in [4.78, 5) is 28.7. The number of nitrogens with zero attached hydrogens (tertiary/aromatic N) is 1. The van der Waals surface area contributed by atoms with Gasteiger partial charge in [0.2, 0.25) is 5.76 Å². The van der Waals surface area contributed by atoms with Gasteiger partial charge in [0, 0.05) is 5.69 Å². The molecule has 0 bridgehead atoms. The number of amides is 1. The minimum absolute atomic E-state index is 0.101. The Morgan fingerprint density at radius 3 is 2.32 bits per heavy atom. The fraction of sp³-hybridized carbons (Fsp3) is 0.154. The van der Waals surface area contributed by atoms with E-state index in [1.165, 1.54) is 5.56 Å². The van der Waals surface area contributed by atoms with Gasteiger partial charge in [-0.15, -0.1) is 0 Å². The molecule has 0 fully saturated rings. The first-order valence-electron chi connectivity index (χ1n) is 10.2. The van der Waals surface area contributed by atoms with Crippen LogP contribution in [0.25, 0.3) is 11.0 Å². The second-order valence-corrected chi connectivity index (χ2v) is 7.54. The molecule has 0 radical (unpaired) electrons. The van der Waals surface area contributed by atoms with Crippen LogP contribution in [-0.2, 0) is 6.42 Å². The Kier molecular flexibility index (Phi) is 4.59. The topological polar surface area (TPSA) is 59.8 Å². The molecule has 4 aromatic rings. The summed E-state index contributed by atoms with van der Waals surface area (Å²) >= 11 is 0. The normalized spacial score (nSPS) is 15.4. The Balaban J connectivity index is 1.76. The Morgan fingerprint density at radius 2 is 1.65 bits per heavy atom. The second-order valence-electron chi connectivity index (χ2n) is 7.54. The third-order valence-corrected chi connectivity index (χ3v) is 5.83. The predicted octanol–water partition coefficient (Wildman–Crippen LogP) is 5.11. The minimum Gasteiger partial charge on any atom is -0.497 e. The van der Waals surface area contributed by atoms with Crippen LogP contribution in [0.3, 0.4) is 0 Å². The average molecular weight is 411 g/mol. The maximum atomic E-state index is 13.5. The van der Waals surface area contributed by atoms with Crippen LogP contribution in [0.5, 0.6) is 5.75 Å². The Bertz CT molecular complexity index is 1340. The maximum Gasteiger partial charge on any atom is 0.295 e. The molecule has 31 heavy (non-hydrogen) atoms. The van der Waals surface area contributed by atoms with Gasteiger partial charge in [0.1, 0.15) is 11.3 Å². The van der Waals surface area contributed by atoms with Gasteiger partial charge in [-0.1, -0.05) is 43.3 Å². The molecule has 0 saturated heterocycles. The van der Waals surface area contributed by atoms with Crippen molar-refractivity contribution in [2.45, 2.75) is 19.4 Å². The smallest absolute Gasteiger partial charge is 0.295 e. The molecule has 0 saturated carbocycles. The monoisotopic (exact) mass is 411 g/mol. The van der Waals surface area contributed by atoms with E-state index in [-0.39, 0.29) is 17.1 Å². The van der Waals surface area contributed by atoms with Gasteiger partial charge < -0.3 is 9.15 Å². The van der Waals surface area contributed by atoms with E-state index >= 15 is 0 Å². The summed E-state index contributed by atoms with van der Waals surface area (Å²) in [7, 11) is 1.60. The number of ether oxygens (including phenoxy) is 1. The molecular weight excluding hydrogens is 390 g/mol. The number of carbonyl (C=O) groups excluding carboxylic acids is 1. The number of rotatable bonds is 4. The number of aryl methyl sites for hydroxylation is 1. The van der Waals surface area contributed by atoms with Crippen LogP contribution in [-0.4, -0.2) is 13.0 Å². The Morgan fingerprint density at radius 1 is 0.935 bits per heavy atom. The highest BCUT2D eigenvalue weighted by Gasteiger charge is 2.43. The van der Waals surface area contributed by atoms with E-state index < -0.39 is 6.04 Å². The van der Waals surface area contributed by atoms with Crippen LogP contribution in [0, 0.1) is 0 Å². The molecule has 5 nitrogen and oxygen atoms in total. The zero-order valence-corrected chi connectivity index (χ0v) is 17.3. The zero-order valence-electron chi connectivity index (χ0n) is 17.3. The van der Waals surface area contributed by atoms with Crippen molar-refractivity contribution >= 4 is 22.6 Å². The molecule has 5 rings (SSSR count). The van der Waals surface area contributed by atoms with Crippen LogP contribution in [0.2, 0.25) is 0 Å². The fourth-order valence-electron chi connectivity index (χ4n) is 4.18. The molecule has 1 amide bonds. The van der Waals surface area contributed by atoms with E-state index in [1.54, 1.807) is 36.3 Å². The number of hydrogen-bond donors (Lipinski definition) is 0. The Hall–Kier alpha value is -3.86. The third-order valence-electron chi connectivity index (χ3n) is 5.83. The van der Waals surface area contributed by atoms with Gasteiger partial charge in [-0.3, -0.25) is 14.5 Å². The van der Waals surface area contributed by atoms with Crippen molar-refractivity contribution < 1.29 is 13.9 Å². The molecule has 0 spiro atoms. The summed E-state index contributed by atoms with van der Waals surface area (Å²) in [5, 5.41) is 0.468. The highest BCUT2D eigenvalue weighted by molar-refractivity contribution is 6.10. The van der Waals surface area contributed by atoms with Crippen LogP contribution in [0.1, 0.15) is 40.2 Å². The van der Waals surface area contributed by atoms with Crippen LogP contribution < -0.4 is 15.1 Å². The van der Waals surface area contributed by atoms with Gasteiger partial charge in [0.25, 0.3) is 5.91 Å². The number of hydrogen-bond acceptors (Lipinski definition) is 4. The third kappa shape index (κ3) is 3.01. The van der Waals surface area contributed by atoms with Gasteiger partial charge >= 0.3 is 0 Å². The van der Waals surface area contributed by atoms with Crippen molar-refractivity contribution in [2.24, 2.45) is 0 Å². The van der Waals surface area contributed by atoms with E-state index in [2.05, 4.69) is 6.92 Å². The van der Waals surface area contributed by atoms with Gasteiger partial charge in [-0.2, -0.15) is 0 Å². The molecule has 3 aromatic carbocycles. The zero-order chi connectivity index (χ0) is 21.5. The summed E-state index contributed by atoms with van der Waals surface area (Å²) in [6.45, 7) is 2.08. The molecule has 154 valence electrons. The number of benzene rings is 3. The Labute approximate surface area is 179 Å². The first-order valence-corrected chi connectivity index (χ1v) is 10.2. The van der Waals surface area contributed by atoms with Crippen LogP contribution in [0.15, 0.2) is 82.0 Å². The number of methoxy groups -OCH3 is 1. The van der Waals surface area contributed by atoms with Crippen LogP contribution in [0.4, 0.5) is 5.69 Å². The van der Waals surface area contributed by atoms with E-state index in [4.69, 9.17) is 9.15 Å². The quantitative estimate of drug-likeness (QED) is 0.468.